The molecular weight excluding hydrogens is 353 g/mol. The lowest BCUT2D eigenvalue weighted by Crippen LogP contribution is -2.14. The standard InChI is InChI=1S/C17H18ClF3N4/c1-4-25(3)10-23-13-8-11(2)9-14(15(13)18)24-16-12(17(19,20)21)6-5-7-22-16/h5-10H,4H2,1-3H3,(H,22,24). The second-order valence-electron chi connectivity index (χ2n) is 5.49. The first-order chi connectivity index (χ1) is 11.7. The number of rotatable bonds is 5. The molecule has 8 heteroatoms. The van der Waals surface area contributed by atoms with Crippen LogP contribution < -0.4 is 5.32 Å². The highest BCUT2D eigenvalue weighted by molar-refractivity contribution is 6.35. The van der Waals surface area contributed by atoms with Gasteiger partial charge >= 0.3 is 6.18 Å². The number of benzene rings is 1. The summed E-state index contributed by atoms with van der Waals surface area (Å²) in [6.45, 7) is 4.55. The average molecular weight is 371 g/mol. The van der Waals surface area contributed by atoms with E-state index in [2.05, 4.69) is 15.3 Å². The number of nitrogens with zero attached hydrogens (tertiary/aromatic N) is 3. The summed E-state index contributed by atoms with van der Waals surface area (Å²) >= 11 is 6.32. The number of aryl methyl sites for hydroxylation is 1. The van der Waals surface area contributed by atoms with Crippen LogP contribution in [0.4, 0.5) is 30.4 Å². The van der Waals surface area contributed by atoms with Crippen LogP contribution in [0.2, 0.25) is 5.02 Å². The van der Waals surface area contributed by atoms with Crippen LogP contribution >= 0.6 is 11.6 Å². The number of aliphatic imine (C=N–C) groups is 1. The van der Waals surface area contributed by atoms with E-state index in [9.17, 15) is 13.2 Å². The molecule has 25 heavy (non-hydrogen) atoms. The maximum Gasteiger partial charge on any atom is 0.419 e. The van der Waals surface area contributed by atoms with Crippen molar-refractivity contribution in [2.45, 2.75) is 20.0 Å². The molecule has 1 aromatic carbocycles. The van der Waals surface area contributed by atoms with Gasteiger partial charge in [0, 0.05) is 19.8 Å². The summed E-state index contributed by atoms with van der Waals surface area (Å²) < 4.78 is 39.4. The molecule has 0 radical (unpaired) electrons. The average Bonchev–Trinajstić information content (AvgIpc) is 2.55. The normalized spacial score (nSPS) is 11.8. The van der Waals surface area contributed by atoms with Crippen molar-refractivity contribution in [3.63, 3.8) is 0 Å². The van der Waals surface area contributed by atoms with Gasteiger partial charge in [0.05, 0.1) is 28.3 Å². The summed E-state index contributed by atoms with van der Waals surface area (Å²) in [5, 5.41) is 2.91. The van der Waals surface area contributed by atoms with Crippen LogP contribution in [0.25, 0.3) is 0 Å². The summed E-state index contributed by atoms with van der Waals surface area (Å²) in [6.07, 6.45) is -1.61. The fourth-order valence-corrected chi connectivity index (χ4v) is 2.24. The Kier molecular flexibility index (Phi) is 5.89. The summed E-state index contributed by atoms with van der Waals surface area (Å²) in [4.78, 5) is 9.94. The highest BCUT2D eigenvalue weighted by Gasteiger charge is 2.34. The molecule has 0 aliphatic carbocycles. The Morgan fingerprint density at radius 1 is 1.36 bits per heavy atom. The fourth-order valence-electron chi connectivity index (χ4n) is 2.04. The summed E-state index contributed by atoms with van der Waals surface area (Å²) in [6, 6.07) is 5.62. The van der Waals surface area contributed by atoms with Crippen LogP contribution in [0.1, 0.15) is 18.1 Å². The maximum atomic E-state index is 13.1. The van der Waals surface area contributed by atoms with E-state index in [-0.39, 0.29) is 10.8 Å². The predicted molar refractivity (Wildman–Crippen MR) is 95.2 cm³/mol. The van der Waals surface area contributed by atoms with Gasteiger partial charge in [-0.05, 0) is 43.7 Å². The van der Waals surface area contributed by atoms with Crippen LogP contribution in [0.5, 0.6) is 0 Å². The summed E-state index contributed by atoms with van der Waals surface area (Å²) in [7, 11) is 1.86. The van der Waals surface area contributed by atoms with E-state index >= 15 is 0 Å². The van der Waals surface area contributed by atoms with Gasteiger partial charge in [-0.25, -0.2) is 9.98 Å². The second-order valence-corrected chi connectivity index (χ2v) is 5.86. The van der Waals surface area contributed by atoms with E-state index < -0.39 is 11.7 Å². The lowest BCUT2D eigenvalue weighted by Gasteiger charge is -2.15. The Morgan fingerprint density at radius 3 is 2.72 bits per heavy atom. The Labute approximate surface area is 149 Å². The zero-order valence-corrected chi connectivity index (χ0v) is 14.8. The van der Waals surface area contributed by atoms with Crippen molar-refractivity contribution < 1.29 is 13.2 Å². The minimum Gasteiger partial charge on any atom is -0.366 e. The number of hydrogen-bond donors (Lipinski definition) is 1. The molecule has 0 bridgehead atoms. The lowest BCUT2D eigenvalue weighted by molar-refractivity contribution is -0.137. The topological polar surface area (TPSA) is 40.5 Å². The van der Waals surface area contributed by atoms with Gasteiger partial charge in [0.1, 0.15) is 5.82 Å². The van der Waals surface area contributed by atoms with Gasteiger partial charge in [0.25, 0.3) is 0 Å². The van der Waals surface area contributed by atoms with Crippen molar-refractivity contribution in [1.82, 2.24) is 9.88 Å². The van der Waals surface area contributed by atoms with Crippen LogP contribution in [-0.2, 0) is 6.18 Å². The maximum absolute atomic E-state index is 13.1. The molecule has 0 aliphatic rings. The van der Waals surface area contributed by atoms with Gasteiger partial charge in [-0.15, -0.1) is 0 Å². The molecule has 1 aromatic heterocycles. The van der Waals surface area contributed by atoms with Crippen molar-refractivity contribution in [3.8, 4) is 0 Å². The van der Waals surface area contributed by atoms with Crippen LogP contribution in [0, 0.1) is 6.92 Å². The molecule has 0 fully saturated rings. The molecule has 0 amide bonds. The molecule has 1 N–H and O–H groups in total. The molecule has 4 nitrogen and oxygen atoms in total. The predicted octanol–water partition coefficient (Wildman–Crippen LogP) is 5.42. The van der Waals surface area contributed by atoms with Crippen LogP contribution in [0.3, 0.4) is 0 Å². The SMILES string of the molecule is CCN(C)C=Nc1cc(C)cc(Nc2ncccc2C(F)(F)F)c1Cl. The smallest absolute Gasteiger partial charge is 0.366 e. The Bertz CT molecular complexity index is 775. The molecule has 0 unspecified atom stereocenters. The van der Waals surface area contributed by atoms with Crippen LogP contribution in [0.15, 0.2) is 35.5 Å². The zero-order chi connectivity index (χ0) is 18.6. The quantitative estimate of drug-likeness (QED) is 0.564. The number of anilines is 2. The van der Waals surface area contributed by atoms with Crippen molar-refractivity contribution in [2.75, 3.05) is 18.9 Å². The van der Waals surface area contributed by atoms with E-state index in [1.165, 1.54) is 12.3 Å². The lowest BCUT2D eigenvalue weighted by atomic mass is 10.1. The first kappa shape index (κ1) is 19.1. The Morgan fingerprint density at radius 2 is 2.08 bits per heavy atom. The molecular formula is C17H18ClF3N4. The van der Waals surface area contributed by atoms with Gasteiger partial charge in [-0.3, -0.25) is 0 Å². The number of pyridine rings is 1. The monoisotopic (exact) mass is 370 g/mol. The number of halogens is 4. The Balaban J connectivity index is 2.42. The van der Waals surface area contributed by atoms with Gasteiger partial charge in [-0.2, -0.15) is 13.2 Å². The van der Waals surface area contributed by atoms with Crippen molar-refractivity contribution in [1.29, 1.82) is 0 Å². The molecule has 134 valence electrons. The highest BCUT2D eigenvalue weighted by atomic mass is 35.5. The summed E-state index contributed by atoms with van der Waals surface area (Å²) in [5.41, 5.74) is 0.733. The van der Waals surface area contributed by atoms with Crippen molar-refractivity contribution >= 4 is 35.1 Å². The second kappa shape index (κ2) is 7.74. The molecule has 0 spiro atoms. The van der Waals surface area contributed by atoms with E-state index in [4.69, 9.17) is 11.6 Å². The fraction of sp³-hybridized carbons (Fsp3) is 0.294. The molecule has 2 aromatic rings. The van der Waals surface area contributed by atoms with Crippen molar-refractivity contribution in [2.24, 2.45) is 4.99 Å². The van der Waals surface area contributed by atoms with Gasteiger partial charge < -0.3 is 10.2 Å². The van der Waals surface area contributed by atoms with Gasteiger partial charge in [0.15, 0.2) is 0 Å². The van der Waals surface area contributed by atoms with E-state index in [0.29, 0.717) is 11.4 Å². The molecule has 2 rings (SSSR count). The largest absolute Gasteiger partial charge is 0.419 e. The first-order valence-electron chi connectivity index (χ1n) is 7.56. The minimum absolute atomic E-state index is 0.227. The molecule has 1 heterocycles. The number of alkyl halides is 3. The highest BCUT2D eigenvalue weighted by Crippen LogP contribution is 2.38. The molecule has 0 saturated heterocycles. The number of nitrogens with one attached hydrogen (secondary N) is 1. The summed E-state index contributed by atoms with van der Waals surface area (Å²) in [5.74, 6) is -0.303. The third kappa shape index (κ3) is 4.85. The van der Waals surface area contributed by atoms with E-state index in [0.717, 1.165) is 18.2 Å². The third-order valence-electron chi connectivity index (χ3n) is 3.46. The Hall–Kier alpha value is -2.28. The van der Waals surface area contributed by atoms with Gasteiger partial charge in [0.2, 0.25) is 0 Å². The zero-order valence-electron chi connectivity index (χ0n) is 14.0. The number of aromatic nitrogens is 1. The minimum atomic E-state index is -4.52. The van der Waals surface area contributed by atoms with E-state index in [1.54, 1.807) is 18.5 Å². The molecule has 0 atom stereocenters. The molecule has 0 saturated carbocycles. The van der Waals surface area contributed by atoms with Gasteiger partial charge in [-0.1, -0.05) is 11.6 Å². The first-order valence-corrected chi connectivity index (χ1v) is 7.94. The van der Waals surface area contributed by atoms with Crippen LogP contribution in [-0.4, -0.2) is 29.8 Å². The van der Waals surface area contributed by atoms with E-state index in [1.807, 2.05) is 25.8 Å². The van der Waals surface area contributed by atoms with Crippen molar-refractivity contribution in [3.05, 3.63) is 46.6 Å². The molecule has 0 aliphatic heterocycles. The third-order valence-corrected chi connectivity index (χ3v) is 3.85. The number of hydrogen-bond acceptors (Lipinski definition) is 3.